The van der Waals surface area contributed by atoms with Gasteiger partial charge in [0.1, 0.15) is 12.4 Å². The summed E-state index contributed by atoms with van der Waals surface area (Å²) < 4.78 is 17.2. The highest BCUT2D eigenvalue weighted by molar-refractivity contribution is 8.18. The van der Waals surface area contributed by atoms with Crippen molar-refractivity contribution in [3.63, 3.8) is 0 Å². The average molecular weight is 456 g/mol. The molecular weight excluding hydrogens is 426 g/mol. The lowest BCUT2D eigenvalue weighted by molar-refractivity contribution is -0.123. The normalized spacial score (nSPS) is 15.0. The molecule has 0 bridgehead atoms. The number of hydrogen-bond donors (Lipinski definition) is 0. The van der Waals surface area contributed by atoms with Crippen LogP contribution in [-0.2, 0) is 4.79 Å². The predicted molar refractivity (Wildman–Crippen MR) is 127 cm³/mol. The number of carbonyl (C=O) groups is 2. The second-order valence-corrected chi connectivity index (χ2v) is 8.83. The van der Waals surface area contributed by atoms with Gasteiger partial charge in [-0.1, -0.05) is 37.6 Å². The van der Waals surface area contributed by atoms with Crippen LogP contribution in [0.3, 0.4) is 0 Å². The molecule has 2 amide bonds. The summed E-state index contributed by atoms with van der Waals surface area (Å²) >= 11 is 0.933. The maximum Gasteiger partial charge on any atom is 0.293 e. The quantitative estimate of drug-likeness (QED) is 0.438. The minimum absolute atomic E-state index is 0.196. The fourth-order valence-corrected chi connectivity index (χ4v) is 3.86. The Kier molecular flexibility index (Phi) is 8.22. The molecule has 7 heteroatoms. The van der Waals surface area contributed by atoms with Crippen LogP contribution in [-0.4, -0.2) is 42.4 Å². The molecule has 0 aromatic heterocycles. The van der Waals surface area contributed by atoms with Crippen LogP contribution in [0.1, 0.15) is 31.9 Å². The SMILES string of the molecule is CCOc1cc(/C=C2\SC(=O)N(CCOc3ccc(C)cc3)C2=O)ccc1OCC(C)C. The van der Waals surface area contributed by atoms with E-state index in [0.29, 0.717) is 41.3 Å². The summed E-state index contributed by atoms with van der Waals surface area (Å²) in [6.45, 7) is 9.59. The molecule has 0 saturated carbocycles. The van der Waals surface area contributed by atoms with Gasteiger partial charge in [0.2, 0.25) is 0 Å². The molecular formula is C25H29NO5S. The van der Waals surface area contributed by atoms with Gasteiger partial charge in [-0.2, -0.15) is 0 Å². The van der Waals surface area contributed by atoms with Crippen LogP contribution in [0, 0.1) is 12.8 Å². The van der Waals surface area contributed by atoms with Gasteiger partial charge < -0.3 is 14.2 Å². The van der Waals surface area contributed by atoms with E-state index in [1.807, 2.05) is 56.3 Å². The van der Waals surface area contributed by atoms with Gasteiger partial charge in [-0.05, 0) is 67.4 Å². The van der Waals surface area contributed by atoms with Gasteiger partial charge in [-0.25, -0.2) is 0 Å². The van der Waals surface area contributed by atoms with Gasteiger partial charge in [0.15, 0.2) is 11.5 Å². The van der Waals surface area contributed by atoms with Crippen LogP contribution in [0.25, 0.3) is 6.08 Å². The average Bonchev–Trinajstić information content (AvgIpc) is 3.02. The summed E-state index contributed by atoms with van der Waals surface area (Å²) in [4.78, 5) is 26.7. The number of amides is 2. The zero-order chi connectivity index (χ0) is 23.1. The highest BCUT2D eigenvalue weighted by Crippen LogP contribution is 2.34. The van der Waals surface area contributed by atoms with Crippen molar-refractivity contribution < 1.29 is 23.8 Å². The van der Waals surface area contributed by atoms with Crippen LogP contribution < -0.4 is 14.2 Å². The Labute approximate surface area is 193 Å². The lowest BCUT2D eigenvalue weighted by Gasteiger charge is -2.14. The maximum atomic E-state index is 12.8. The molecule has 170 valence electrons. The molecule has 3 rings (SSSR count). The topological polar surface area (TPSA) is 65.1 Å². The van der Waals surface area contributed by atoms with Crippen molar-refractivity contribution in [3.8, 4) is 17.2 Å². The van der Waals surface area contributed by atoms with Gasteiger partial charge in [0, 0.05) is 0 Å². The molecule has 0 aliphatic carbocycles. The number of imide groups is 1. The summed E-state index contributed by atoms with van der Waals surface area (Å²) in [5.41, 5.74) is 1.91. The van der Waals surface area contributed by atoms with Crippen molar-refractivity contribution in [2.24, 2.45) is 5.92 Å². The fraction of sp³-hybridized carbons (Fsp3) is 0.360. The second kappa shape index (κ2) is 11.1. The molecule has 1 fully saturated rings. The molecule has 1 heterocycles. The van der Waals surface area contributed by atoms with Gasteiger partial charge >= 0.3 is 0 Å². The number of hydrogen-bond acceptors (Lipinski definition) is 6. The highest BCUT2D eigenvalue weighted by Gasteiger charge is 2.34. The van der Waals surface area contributed by atoms with E-state index in [9.17, 15) is 9.59 Å². The van der Waals surface area contributed by atoms with Crippen molar-refractivity contribution in [3.05, 3.63) is 58.5 Å². The first-order valence-corrected chi connectivity index (χ1v) is 11.5. The summed E-state index contributed by atoms with van der Waals surface area (Å²) in [5, 5.41) is -0.296. The largest absolute Gasteiger partial charge is 0.492 e. The van der Waals surface area contributed by atoms with Crippen molar-refractivity contribution in [1.29, 1.82) is 0 Å². The molecule has 0 N–H and O–H groups in total. The highest BCUT2D eigenvalue weighted by atomic mass is 32.2. The van der Waals surface area contributed by atoms with Gasteiger partial charge in [-0.3, -0.25) is 14.5 Å². The summed E-state index contributed by atoms with van der Waals surface area (Å²) in [5.74, 6) is 2.07. The first-order chi connectivity index (χ1) is 15.4. The predicted octanol–water partition coefficient (Wildman–Crippen LogP) is 5.54. The van der Waals surface area contributed by atoms with Crippen molar-refractivity contribution in [1.82, 2.24) is 4.90 Å². The number of carbonyl (C=O) groups excluding carboxylic acids is 2. The molecule has 1 aliphatic heterocycles. The molecule has 0 unspecified atom stereocenters. The Hall–Kier alpha value is -2.93. The van der Waals surface area contributed by atoms with E-state index in [-0.39, 0.29) is 24.3 Å². The van der Waals surface area contributed by atoms with E-state index in [4.69, 9.17) is 14.2 Å². The zero-order valence-electron chi connectivity index (χ0n) is 18.9. The number of thioether (sulfide) groups is 1. The lowest BCUT2D eigenvalue weighted by Crippen LogP contribution is -2.32. The molecule has 0 atom stereocenters. The zero-order valence-corrected chi connectivity index (χ0v) is 19.7. The van der Waals surface area contributed by atoms with E-state index in [1.165, 1.54) is 4.90 Å². The van der Waals surface area contributed by atoms with Gasteiger partial charge in [0.05, 0.1) is 24.7 Å². The van der Waals surface area contributed by atoms with Gasteiger partial charge in [-0.15, -0.1) is 0 Å². The lowest BCUT2D eigenvalue weighted by atomic mass is 10.1. The van der Waals surface area contributed by atoms with Crippen LogP contribution in [0.2, 0.25) is 0 Å². The first kappa shape index (κ1) is 23.7. The monoisotopic (exact) mass is 455 g/mol. The minimum Gasteiger partial charge on any atom is -0.492 e. The summed E-state index contributed by atoms with van der Waals surface area (Å²) in [6.07, 6.45) is 1.71. The Balaban J connectivity index is 1.66. The summed E-state index contributed by atoms with van der Waals surface area (Å²) in [6, 6.07) is 13.2. The van der Waals surface area contributed by atoms with E-state index < -0.39 is 0 Å². The fourth-order valence-electron chi connectivity index (χ4n) is 2.99. The second-order valence-electron chi connectivity index (χ2n) is 7.84. The molecule has 1 aliphatic rings. The van der Waals surface area contributed by atoms with E-state index in [0.717, 1.165) is 22.9 Å². The number of ether oxygens (including phenoxy) is 3. The van der Waals surface area contributed by atoms with Crippen LogP contribution in [0.4, 0.5) is 4.79 Å². The molecule has 1 saturated heterocycles. The molecule has 0 radical (unpaired) electrons. The van der Waals surface area contributed by atoms with E-state index >= 15 is 0 Å². The Morgan fingerprint density at radius 1 is 1.00 bits per heavy atom. The number of rotatable bonds is 10. The smallest absolute Gasteiger partial charge is 0.293 e. The molecule has 6 nitrogen and oxygen atoms in total. The maximum absolute atomic E-state index is 12.8. The third-order valence-corrected chi connectivity index (χ3v) is 5.52. The van der Waals surface area contributed by atoms with Crippen molar-refractivity contribution in [2.45, 2.75) is 27.7 Å². The molecule has 32 heavy (non-hydrogen) atoms. The van der Waals surface area contributed by atoms with Crippen LogP contribution >= 0.6 is 11.8 Å². The van der Waals surface area contributed by atoms with Gasteiger partial charge in [0.25, 0.3) is 11.1 Å². The third kappa shape index (κ3) is 6.29. The Morgan fingerprint density at radius 2 is 1.75 bits per heavy atom. The van der Waals surface area contributed by atoms with Crippen LogP contribution in [0.5, 0.6) is 17.2 Å². The first-order valence-electron chi connectivity index (χ1n) is 10.7. The summed E-state index contributed by atoms with van der Waals surface area (Å²) in [7, 11) is 0. The van der Waals surface area contributed by atoms with E-state index in [2.05, 4.69) is 13.8 Å². The molecule has 2 aromatic carbocycles. The Morgan fingerprint density at radius 3 is 2.44 bits per heavy atom. The number of aryl methyl sites for hydroxylation is 1. The van der Waals surface area contributed by atoms with E-state index in [1.54, 1.807) is 6.08 Å². The number of benzene rings is 2. The molecule has 0 spiro atoms. The standard InChI is InChI=1S/C25H29NO5S/c1-5-29-22-14-19(8-11-21(22)31-16-17(2)3)15-23-24(27)26(25(28)32-23)12-13-30-20-9-6-18(4)7-10-20/h6-11,14-15,17H,5,12-13,16H2,1-4H3/b23-15-. The molecule has 2 aromatic rings. The minimum atomic E-state index is -0.314. The third-order valence-electron chi connectivity index (χ3n) is 4.62. The van der Waals surface area contributed by atoms with Crippen molar-refractivity contribution >= 4 is 29.0 Å². The van der Waals surface area contributed by atoms with Crippen molar-refractivity contribution in [2.75, 3.05) is 26.4 Å². The number of nitrogens with zero attached hydrogens (tertiary/aromatic N) is 1. The van der Waals surface area contributed by atoms with Crippen LogP contribution in [0.15, 0.2) is 47.4 Å². The Bertz CT molecular complexity index is 984.